The molecule has 4 heteroatoms. The average Bonchev–Trinajstić information content (AvgIpc) is 2.97. The number of hydrogen-bond donors (Lipinski definition) is 0. The molecule has 3 rings (SSSR count). The molecule has 15 heavy (non-hydrogen) atoms. The van der Waals surface area contributed by atoms with E-state index >= 15 is 0 Å². The van der Waals surface area contributed by atoms with Crippen molar-refractivity contribution < 1.29 is 9.47 Å². The van der Waals surface area contributed by atoms with Crippen molar-refractivity contribution in [3.05, 3.63) is 23.8 Å². The van der Waals surface area contributed by atoms with Crippen LogP contribution in [0.25, 0.3) is 10.1 Å². The number of ether oxygens (including phenoxy) is 2. The van der Waals surface area contributed by atoms with E-state index in [-0.39, 0.29) is 0 Å². The first kappa shape index (κ1) is 9.12. The standard InChI is InChI=1S/C11H11NO2S/c1-13-11-9-4-2-3-7(5-8-6-14-8)10(9)15-12-11/h2-4,8H,5-6H2,1H3. The highest BCUT2D eigenvalue weighted by Crippen LogP contribution is 2.32. The summed E-state index contributed by atoms with van der Waals surface area (Å²) in [6.07, 6.45) is 1.41. The predicted molar refractivity (Wildman–Crippen MR) is 59.6 cm³/mol. The van der Waals surface area contributed by atoms with Gasteiger partial charge in [0.2, 0.25) is 5.88 Å². The normalized spacial score (nSPS) is 19.4. The van der Waals surface area contributed by atoms with Gasteiger partial charge in [-0.25, -0.2) is 0 Å². The molecule has 0 saturated carbocycles. The number of epoxide rings is 1. The molecule has 1 aromatic carbocycles. The van der Waals surface area contributed by atoms with E-state index in [1.54, 1.807) is 7.11 Å². The summed E-state index contributed by atoms with van der Waals surface area (Å²) in [7, 11) is 1.66. The van der Waals surface area contributed by atoms with Gasteiger partial charge in [-0.05, 0) is 23.2 Å². The molecular formula is C11H11NO2S. The second-order valence-electron chi connectivity index (χ2n) is 3.65. The zero-order valence-electron chi connectivity index (χ0n) is 8.40. The smallest absolute Gasteiger partial charge is 0.232 e. The lowest BCUT2D eigenvalue weighted by Gasteiger charge is -1.99. The molecule has 0 amide bonds. The van der Waals surface area contributed by atoms with Crippen LogP contribution in [0.4, 0.5) is 0 Å². The molecule has 1 fully saturated rings. The van der Waals surface area contributed by atoms with Crippen molar-refractivity contribution in [3.63, 3.8) is 0 Å². The number of methoxy groups -OCH3 is 1. The largest absolute Gasteiger partial charge is 0.480 e. The summed E-state index contributed by atoms with van der Waals surface area (Å²) >= 11 is 1.50. The molecule has 2 heterocycles. The van der Waals surface area contributed by atoms with Crippen LogP contribution in [0.3, 0.4) is 0 Å². The third-order valence-electron chi connectivity index (χ3n) is 2.59. The third-order valence-corrected chi connectivity index (χ3v) is 3.51. The van der Waals surface area contributed by atoms with Crippen molar-refractivity contribution in [3.8, 4) is 5.88 Å². The lowest BCUT2D eigenvalue weighted by Crippen LogP contribution is -1.92. The first-order valence-corrected chi connectivity index (χ1v) is 5.68. The van der Waals surface area contributed by atoms with E-state index in [1.165, 1.54) is 21.8 Å². The molecule has 78 valence electrons. The molecule has 0 aliphatic carbocycles. The molecule has 3 nitrogen and oxygen atoms in total. The van der Waals surface area contributed by atoms with Crippen molar-refractivity contribution >= 4 is 21.6 Å². The van der Waals surface area contributed by atoms with E-state index in [4.69, 9.17) is 9.47 Å². The second kappa shape index (κ2) is 3.47. The third kappa shape index (κ3) is 1.60. The average molecular weight is 221 g/mol. The van der Waals surface area contributed by atoms with Gasteiger partial charge in [-0.3, -0.25) is 0 Å². The SMILES string of the molecule is COc1nsc2c(CC3CO3)cccc12. The van der Waals surface area contributed by atoms with E-state index < -0.39 is 0 Å². The quantitative estimate of drug-likeness (QED) is 0.745. The van der Waals surface area contributed by atoms with Crippen LogP contribution < -0.4 is 4.74 Å². The Balaban J connectivity index is 2.08. The molecule has 1 aliphatic rings. The van der Waals surface area contributed by atoms with Crippen LogP contribution in [0.1, 0.15) is 5.56 Å². The van der Waals surface area contributed by atoms with Crippen LogP contribution in [0, 0.1) is 0 Å². The monoisotopic (exact) mass is 221 g/mol. The molecule has 1 aliphatic heterocycles. The maximum atomic E-state index is 5.25. The lowest BCUT2D eigenvalue weighted by atomic mass is 10.1. The summed E-state index contributed by atoms with van der Waals surface area (Å²) in [4.78, 5) is 0. The minimum Gasteiger partial charge on any atom is -0.480 e. The Bertz CT molecular complexity index is 490. The van der Waals surface area contributed by atoms with E-state index in [1.807, 2.05) is 0 Å². The predicted octanol–water partition coefficient (Wildman–Crippen LogP) is 2.25. The van der Waals surface area contributed by atoms with Crippen molar-refractivity contribution in [2.45, 2.75) is 12.5 Å². The van der Waals surface area contributed by atoms with Crippen molar-refractivity contribution in [2.75, 3.05) is 13.7 Å². The Morgan fingerprint density at radius 1 is 1.60 bits per heavy atom. The molecule has 1 saturated heterocycles. The van der Waals surface area contributed by atoms with Crippen LogP contribution >= 0.6 is 11.5 Å². The van der Waals surface area contributed by atoms with Gasteiger partial charge in [0.05, 0.1) is 29.9 Å². The zero-order chi connectivity index (χ0) is 10.3. The van der Waals surface area contributed by atoms with Gasteiger partial charge in [0.25, 0.3) is 0 Å². The summed E-state index contributed by atoms with van der Waals surface area (Å²) in [5.41, 5.74) is 1.32. The summed E-state index contributed by atoms with van der Waals surface area (Å²) in [5, 5.41) is 1.11. The maximum Gasteiger partial charge on any atom is 0.232 e. The van der Waals surface area contributed by atoms with Crippen LogP contribution in [0.5, 0.6) is 5.88 Å². The highest BCUT2D eigenvalue weighted by atomic mass is 32.1. The fourth-order valence-electron chi connectivity index (χ4n) is 1.74. The molecular weight excluding hydrogens is 210 g/mol. The molecule has 0 bridgehead atoms. The number of nitrogens with zero attached hydrogens (tertiary/aromatic N) is 1. The minimum atomic E-state index is 0.420. The number of rotatable bonds is 3. The summed E-state index contributed by atoms with van der Waals surface area (Å²) < 4.78 is 16.0. The summed E-state index contributed by atoms with van der Waals surface area (Å²) in [5.74, 6) is 0.730. The van der Waals surface area contributed by atoms with Crippen LogP contribution in [-0.2, 0) is 11.2 Å². The Labute approximate surface area is 91.8 Å². The van der Waals surface area contributed by atoms with Crippen LogP contribution in [0.15, 0.2) is 18.2 Å². The zero-order valence-corrected chi connectivity index (χ0v) is 9.21. The summed E-state index contributed by atoms with van der Waals surface area (Å²) in [6.45, 7) is 0.895. The van der Waals surface area contributed by atoms with E-state index in [9.17, 15) is 0 Å². The molecule has 1 atom stereocenters. The number of hydrogen-bond acceptors (Lipinski definition) is 4. The molecule has 1 unspecified atom stereocenters. The molecule has 2 aromatic rings. The Morgan fingerprint density at radius 2 is 2.47 bits per heavy atom. The van der Waals surface area contributed by atoms with E-state index in [0.29, 0.717) is 6.10 Å². The van der Waals surface area contributed by atoms with Gasteiger partial charge in [0, 0.05) is 6.42 Å². The van der Waals surface area contributed by atoms with Gasteiger partial charge < -0.3 is 9.47 Å². The number of benzene rings is 1. The number of aromatic nitrogens is 1. The topological polar surface area (TPSA) is 34.6 Å². The van der Waals surface area contributed by atoms with Gasteiger partial charge in [-0.15, -0.1) is 0 Å². The minimum absolute atomic E-state index is 0.420. The number of fused-ring (bicyclic) bond motifs is 1. The first-order valence-electron chi connectivity index (χ1n) is 4.91. The van der Waals surface area contributed by atoms with Gasteiger partial charge >= 0.3 is 0 Å². The second-order valence-corrected chi connectivity index (χ2v) is 4.42. The molecule has 0 N–H and O–H groups in total. The van der Waals surface area contributed by atoms with Gasteiger partial charge in [0.15, 0.2) is 0 Å². The highest BCUT2D eigenvalue weighted by Gasteiger charge is 2.24. The van der Waals surface area contributed by atoms with Gasteiger partial charge in [0.1, 0.15) is 0 Å². The van der Waals surface area contributed by atoms with E-state index in [2.05, 4.69) is 22.6 Å². The Kier molecular flexibility index (Phi) is 2.11. The van der Waals surface area contributed by atoms with Crippen molar-refractivity contribution in [1.29, 1.82) is 0 Å². The fourth-order valence-corrected chi connectivity index (χ4v) is 2.61. The van der Waals surface area contributed by atoms with Crippen molar-refractivity contribution in [1.82, 2.24) is 4.37 Å². The maximum absolute atomic E-state index is 5.25. The summed E-state index contributed by atoms with van der Waals surface area (Å²) in [6, 6.07) is 6.24. The Hall–Kier alpha value is -1.13. The van der Waals surface area contributed by atoms with E-state index in [0.717, 1.165) is 24.3 Å². The fraction of sp³-hybridized carbons (Fsp3) is 0.364. The highest BCUT2D eigenvalue weighted by molar-refractivity contribution is 7.13. The molecule has 0 radical (unpaired) electrons. The Morgan fingerprint density at radius 3 is 3.20 bits per heavy atom. The molecule has 1 aromatic heterocycles. The van der Waals surface area contributed by atoms with Gasteiger partial charge in [-0.1, -0.05) is 12.1 Å². The first-order chi connectivity index (χ1) is 7.38. The van der Waals surface area contributed by atoms with Crippen molar-refractivity contribution in [2.24, 2.45) is 0 Å². The van der Waals surface area contributed by atoms with Crippen LogP contribution in [-0.4, -0.2) is 24.2 Å². The van der Waals surface area contributed by atoms with Gasteiger partial charge in [-0.2, -0.15) is 4.37 Å². The lowest BCUT2D eigenvalue weighted by molar-refractivity contribution is 0.407. The molecule has 0 spiro atoms. The van der Waals surface area contributed by atoms with Crippen LogP contribution in [0.2, 0.25) is 0 Å².